The Morgan fingerprint density at radius 2 is 1.67 bits per heavy atom. The summed E-state index contributed by atoms with van der Waals surface area (Å²) in [4.78, 5) is 14.4. The van der Waals surface area contributed by atoms with Gasteiger partial charge in [0, 0.05) is 13.7 Å². The molecular formula is C23H29NO3. The zero-order valence-corrected chi connectivity index (χ0v) is 16.2. The molecule has 1 heterocycles. The van der Waals surface area contributed by atoms with Crippen molar-refractivity contribution in [1.29, 1.82) is 0 Å². The van der Waals surface area contributed by atoms with E-state index in [1.54, 1.807) is 7.11 Å². The van der Waals surface area contributed by atoms with E-state index in [1.165, 1.54) is 11.1 Å². The van der Waals surface area contributed by atoms with Crippen LogP contribution in [-0.4, -0.2) is 43.8 Å². The molecule has 0 aliphatic carbocycles. The van der Waals surface area contributed by atoms with Crippen LogP contribution in [0.3, 0.4) is 0 Å². The van der Waals surface area contributed by atoms with E-state index in [2.05, 4.69) is 65.6 Å². The van der Waals surface area contributed by atoms with Gasteiger partial charge < -0.3 is 9.47 Å². The van der Waals surface area contributed by atoms with Crippen LogP contribution in [0.5, 0.6) is 0 Å². The number of piperidine rings is 1. The number of likely N-dealkylation sites (tertiary alicyclic amines) is 1. The van der Waals surface area contributed by atoms with Crippen LogP contribution < -0.4 is 0 Å². The van der Waals surface area contributed by atoms with Crippen molar-refractivity contribution in [2.45, 2.75) is 31.9 Å². The van der Waals surface area contributed by atoms with Crippen LogP contribution in [0.4, 0.5) is 0 Å². The lowest BCUT2D eigenvalue weighted by Crippen LogP contribution is -2.47. The lowest BCUT2D eigenvalue weighted by molar-refractivity contribution is -0.146. The van der Waals surface area contributed by atoms with Crippen molar-refractivity contribution >= 4 is 5.97 Å². The molecule has 27 heavy (non-hydrogen) atoms. The van der Waals surface area contributed by atoms with Crippen molar-refractivity contribution in [2.75, 3.05) is 26.8 Å². The van der Waals surface area contributed by atoms with Crippen LogP contribution in [0.1, 0.15) is 36.9 Å². The van der Waals surface area contributed by atoms with E-state index in [4.69, 9.17) is 9.47 Å². The van der Waals surface area contributed by atoms with Gasteiger partial charge in [0.15, 0.2) is 0 Å². The first-order valence-corrected chi connectivity index (χ1v) is 9.75. The Labute approximate surface area is 162 Å². The van der Waals surface area contributed by atoms with Crippen LogP contribution >= 0.6 is 0 Å². The lowest BCUT2D eigenvalue weighted by atomic mass is 9.87. The largest absolute Gasteiger partial charge is 0.466 e. The summed E-state index contributed by atoms with van der Waals surface area (Å²) < 4.78 is 10.9. The number of ether oxygens (including phenoxy) is 2. The zero-order valence-electron chi connectivity index (χ0n) is 16.2. The van der Waals surface area contributed by atoms with Crippen LogP contribution in [-0.2, 0) is 14.3 Å². The van der Waals surface area contributed by atoms with E-state index in [1.807, 2.05) is 6.92 Å². The minimum atomic E-state index is -0.124. The topological polar surface area (TPSA) is 38.8 Å². The van der Waals surface area contributed by atoms with E-state index in [-0.39, 0.29) is 24.0 Å². The summed E-state index contributed by atoms with van der Waals surface area (Å²) in [5, 5.41) is 0. The fraction of sp³-hybridized carbons (Fsp3) is 0.435. The van der Waals surface area contributed by atoms with E-state index in [9.17, 15) is 4.79 Å². The molecule has 4 nitrogen and oxygen atoms in total. The molecule has 3 rings (SSSR count). The summed E-state index contributed by atoms with van der Waals surface area (Å²) >= 11 is 0. The Bertz CT molecular complexity index is 665. The number of esters is 1. The van der Waals surface area contributed by atoms with E-state index in [0.717, 1.165) is 19.5 Å². The second kappa shape index (κ2) is 9.67. The monoisotopic (exact) mass is 367 g/mol. The number of hydrogen-bond donors (Lipinski definition) is 0. The van der Waals surface area contributed by atoms with Gasteiger partial charge in [0.25, 0.3) is 0 Å². The first-order chi connectivity index (χ1) is 13.2. The summed E-state index contributed by atoms with van der Waals surface area (Å²) in [6, 6.07) is 21.4. The highest BCUT2D eigenvalue weighted by molar-refractivity contribution is 5.69. The fourth-order valence-corrected chi connectivity index (χ4v) is 4.04. The highest BCUT2D eigenvalue weighted by Gasteiger charge is 2.35. The molecule has 4 heteroatoms. The SMILES string of the molecule is CCOC(=O)CC1CCN(C(c2ccccc2)c2ccccc2)CC1OC. The molecule has 2 aromatic carbocycles. The Kier molecular flexibility index (Phi) is 7.02. The number of hydrogen-bond acceptors (Lipinski definition) is 4. The maximum absolute atomic E-state index is 11.9. The Morgan fingerprint density at radius 1 is 1.07 bits per heavy atom. The van der Waals surface area contributed by atoms with Crippen molar-refractivity contribution in [2.24, 2.45) is 5.92 Å². The average Bonchev–Trinajstić information content (AvgIpc) is 2.71. The van der Waals surface area contributed by atoms with Gasteiger partial charge in [-0.3, -0.25) is 9.69 Å². The van der Waals surface area contributed by atoms with Gasteiger partial charge in [0.05, 0.1) is 25.2 Å². The molecule has 0 radical (unpaired) electrons. The molecule has 2 aromatic rings. The summed E-state index contributed by atoms with van der Waals surface area (Å²) in [6.07, 6.45) is 1.38. The minimum absolute atomic E-state index is 0.0260. The van der Waals surface area contributed by atoms with Gasteiger partial charge in [-0.2, -0.15) is 0 Å². The lowest BCUT2D eigenvalue weighted by Gasteiger charge is -2.42. The van der Waals surface area contributed by atoms with Gasteiger partial charge in [0.2, 0.25) is 0 Å². The predicted molar refractivity (Wildman–Crippen MR) is 106 cm³/mol. The number of rotatable bonds is 7. The Balaban J connectivity index is 1.79. The zero-order chi connectivity index (χ0) is 19.1. The van der Waals surface area contributed by atoms with Gasteiger partial charge >= 0.3 is 5.97 Å². The standard InChI is InChI=1S/C23H29NO3/c1-3-27-22(25)16-20-14-15-24(17-21(20)26-2)23(18-10-6-4-7-11-18)19-12-8-5-9-13-19/h4-13,20-21,23H,3,14-17H2,1-2H3. The highest BCUT2D eigenvalue weighted by atomic mass is 16.5. The molecule has 0 aromatic heterocycles. The first-order valence-electron chi connectivity index (χ1n) is 9.75. The molecule has 0 N–H and O–H groups in total. The van der Waals surface area contributed by atoms with E-state index < -0.39 is 0 Å². The van der Waals surface area contributed by atoms with Gasteiger partial charge in [0.1, 0.15) is 0 Å². The molecule has 0 spiro atoms. The van der Waals surface area contributed by atoms with Gasteiger partial charge in [-0.1, -0.05) is 60.7 Å². The van der Waals surface area contributed by atoms with Gasteiger partial charge in [-0.25, -0.2) is 0 Å². The smallest absolute Gasteiger partial charge is 0.306 e. The number of carbonyl (C=O) groups excluding carboxylic acids is 1. The summed E-state index contributed by atoms with van der Waals surface area (Å²) in [6.45, 7) is 4.01. The van der Waals surface area contributed by atoms with Crippen LogP contribution in [0.25, 0.3) is 0 Å². The second-order valence-corrected chi connectivity index (χ2v) is 7.05. The molecule has 144 valence electrons. The summed E-state index contributed by atoms with van der Waals surface area (Å²) in [5.41, 5.74) is 2.56. The third kappa shape index (κ3) is 4.96. The molecule has 0 saturated carbocycles. The van der Waals surface area contributed by atoms with Crippen molar-refractivity contribution < 1.29 is 14.3 Å². The average molecular weight is 367 g/mol. The third-order valence-electron chi connectivity index (χ3n) is 5.36. The summed E-state index contributed by atoms with van der Waals surface area (Å²) in [5.74, 6) is 0.0816. The van der Waals surface area contributed by atoms with Crippen LogP contribution in [0.2, 0.25) is 0 Å². The van der Waals surface area contributed by atoms with Crippen molar-refractivity contribution in [1.82, 2.24) is 4.90 Å². The third-order valence-corrected chi connectivity index (χ3v) is 5.36. The first kappa shape index (κ1) is 19.6. The molecule has 1 fully saturated rings. The van der Waals surface area contributed by atoms with Crippen molar-refractivity contribution in [3.8, 4) is 0 Å². The van der Waals surface area contributed by atoms with Crippen LogP contribution in [0, 0.1) is 5.92 Å². The van der Waals surface area contributed by atoms with Gasteiger partial charge in [-0.05, 0) is 36.9 Å². The Hall–Kier alpha value is -2.17. The molecule has 2 unspecified atom stereocenters. The quantitative estimate of drug-likeness (QED) is 0.692. The Morgan fingerprint density at radius 3 is 2.19 bits per heavy atom. The fourth-order valence-electron chi connectivity index (χ4n) is 4.04. The number of nitrogens with zero attached hydrogens (tertiary/aromatic N) is 1. The molecule has 0 bridgehead atoms. The molecular weight excluding hydrogens is 338 g/mol. The van der Waals surface area contributed by atoms with E-state index >= 15 is 0 Å². The maximum Gasteiger partial charge on any atom is 0.306 e. The predicted octanol–water partition coefficient (Wildman–Crippen LogP) is 4.07. The molecule has 1 saturated heterocycles. The van der Waals surface area contributed by atoms with Crippen LogP contribution in [0.15, 0.2) is 60.7 Å². The van der Waals surface area contributed by atoms with Crippen molar-refractivity contribution in [3.63, 3.8) is 0 Å². The van der Waals surface area contributed by atoms with Gasteiger partial charge in [-0.15, -0.1) is 0 Å². The normalized spacial score (nSPS) is 20.6. The summed E-state index contributed by atoms with van der Waals surface area (Å²) in [7, 11) is 1.74. The maximum atomic E-state index is 11.9. The molecule has 1 aliphatic heterocycles. The minimum Gasteiger partial charge on any atom is -0.466 e. The molecule has 2 atom stereocenters. The molecule has 0 amide bonds. The molecule has 1 aliphatic rings. The second-order valence-electron chi connectivity index (χ2n) is 7.05. The number of methoxy groups -OCH3 is 1. The van der Waals surface area contributed by atoms with Crippen molar-refractivity contribution in [3.05, 3.63) is 71.8 Å². The van der Waals surface area contributed by atoms with E-state index in [0.29, 0.717) is 13.0 Å². The number of benzene rings is 2. The number of carbonyl (C=O) groups is 1. The highest BCUT2D eigenvalue weighted by Crippen LogP contribution is 2.34.